The van der Waals surface area contributed by atoms with Crippen LogP contribution < -0.4 is 15.8 Å². The molecule has 0 radical (unpaired) electrons. The number of nitrogens with two attached hydrogens (primary N) is 1. The number of ether oxygens (including phenoxy) is 1. The number of nitrogens with one attached hydrogen (secondary N) is 1. The van der Waals surface area contributed by atoms with E-state index in [9.17, 15) is 0 Å². The van der Waals surface area contributed by atoms with Crippen LogP contribution in [-0.2, 0) is 0 Å². The van der Waals surface area contributed by atoms with Gasteiger partial charge in [-0.05, 0) is 13.8 Å². The highest BCUT2D eigenvalue weighted by molar-refractivity contribution is 5.66. The van der Waals surface area contributed by atoms with Gasteiger partial charge in [-0.2, -0.15) is 4.98 Å². The van der Waals surface area contributed by atoms with E-state index < -0.39 is 0 Å². The Hall–Kier alpha value is -1.78. The van der Waals surface area contributed by atoms with Gasteiger partial charge in [0.1, 0.15) is 12.0 Å². The quantitative estimate of drug-likeness (QED) is 0.716. The normalized spacial score (nSPS) is 11.9. The van der Waals surface area contributed by atoms with Crippen molar-refractivity contribution in [1.29, 1.82) is 0 Å². The van der Waals surface area contributed by atoms with Crippen LogP contribution >= 0.6 is 0 Å². The number of nitrogen functional groups attached to an aromatic ring is 1. The van der Waals surface area contributed by atoms with Crippen LogP contribution in [0.1, 0.15) is 13.8 Å². The van der Waals surface area contributed by atoms with E-state index >= 15 is 0 Å². The predicted molar refractivity (Wildman–Crippen MR) is 60.9 cm³/mol. The maximum absolute atomic E-state index is 5.83. The second kappa shape index (κ2) is 5.19. The van der Waals surface area contributed by atoms with Crippen molar-refractivity contribution in [3.8, 4) is 5.88 Å². The molecule has 15 heavy (non-hydrogen) atoms. The van der Waals surface area contributed by atoms with Gasteiger partial charge >= 0.3 is 0 Å². The number of nitrogens with zero attached hydrogens (tertiary/aromatic N) is 2. The van der Waals surface area contributed by atoms with Crippen LogP contribution in [0.3, 0.4) is 0 Å². The molecule has 1 unspecified atom stereocenters. The third-order valence-electron chi connectivity index (χ3n) is 1.85. The first-order valence-electron chi connectivity index (χ1n) is 4.81. The van der Waals surface area contributed by atoms with Crippen LogP contribution in [0, 0.1) is 0 Å². The van der Waals surface area contributed by atoms with E-state index in [1.165, 1.54) is 6.33 Å². The third-order valence-corrected chi connectivity index (χ3v) is 1.85. The van der Waals surface area contributed by atoms with Crippen molar-refractivity contribution in [2.75, 3.05) is 17.7 Å². The summed E-state index contributed by atoms with van der Waals surface area (Å²) in [6.07, 6.45) is 3.18. The molecule has 5 nitrogen and oxygen atoms in total. The summed E-state index contributed by atoms with van der Waals surface area (Å²) in [7, 11) is 0. The van der Waals surface area contributed by atoms with E-state index in [1.54, 1.807) is 6.08 Å². The highest BCUT2D eigenvalue weighted by Gasteiger charge is 2.09. The molecule has 0 aliphatic heterocycles. The average molecular weight is 208 g/mol. The van der Waals surface area contributed by atoms with Gasteiger partial charge in [-0.1, -0.05) is 6.08 Å². The van der Waals surface area contributed by atoms with E-state index in [1.807, 2.05) is 13.8 Å². The molecule has 0 aliphatic carbocycles. The van der Waals surface area contributed by atoms with Crippen molar-refractivity contribution < 1.29 is 4.74 Å². The molecule has 82 valence electrons. The fourth-order valence-electron chi connectivity index (χ4n) is 1.02. The van der Waals surface area contributed by atoms with Crippen LogP contribution in [0.4, 0.5) is 11.5 Å². The summed E-state index contributed by atoms with van der Waals surface area (Å²) in [5.41, 5.74) is 6.25. The highest BCUT2D eigenvalue weighted by Crippen LogP contribution is 2.24. The second-order valence-corrected chi connectivity index (χ2v) is 3.04. The Morgan fingerprint density at radius 2 is 2.40 bits per heavy atom. The van der Waals surface area contributed by atoms with Crippen molar-refractivity contribution in [3.05, 3.63) is 19.0 Å². The van der Waals surface area contributed by atoms with E-state index in [2.05, 4.69) is 21.9 Å². The molecule has 1 rings (SSSR count). The number of anilines is 2. The molecular formula is C10H16N4O. The van der Waals surface area contributed by atoms with Crippen LogP contribution in [0.25, 0.3) is 0 Å². The molecule has 0 bridgehead atoms. The molecular weight excluding hydrogens is 192 g/mol. The maximum Gasteiger partial charge on any atom is 0.242 e. The zero-order valence-electron chi connectivity index (χ0n) is 9.03. The predicted octanol–water partition coefficient (Wildman–Crippen LogP) is 1.44. The molecule has 0 aliphatic rings. The molecule has 0 saturated heterocycles. The molecule has 0 saturated carbocycles. The average Bonchev–Trinajstić information content (AvgIpc) is 2.24. The molecule has 1 atom stereocenters. The molecule has 0 spiro atoms. The zero-order chi connectivity index (χ0) is 11.3. The lowest BCUT2D eigenvalue weighted by molar-refractivity contribution is 0.328. The Labute approximate surface area is 89.4 Å². The van der Waals surface area contributed by atoms with Gasteiger partial charge in [-0.15, -0.1) is 6.58 Å². The Morgan fingerprint density at radius 1 is 1.67 bits per heavy atom. The fraction of sp³-hybridized carbons (Fsp3) is 0.400. The molecule has 1 heterocycles. The topological polar surface area (TPSA) is 73.1 Å². The zero-order valence-corrected chi connectivity index (χ0v) is 9.03. The fourth-order valence-corrected chi connectivity index (χ4v) is 1.02. The van der Waals surface area contributed by atoms with Crippen LogP contribution in [-0.4, -0.2) is 22.6 Å². The van der Waals surface area contributed by atoms with Gasteiger partial charge in [-0.3, -0.25) is 0 Å². The molecule has 0 amide bonds. The molecule has 0 aromatic carbocycles. The van der Waals surface area contributed by atoms with Crippen LogP contribution in [0.2, 0.25) is 0 Å². The van der Waals surface area contributed by atoms with Gasteiger partial charge in [0.2, 0.25) is 5.88 Å². The molecule has 1 aromatic rings. The smallest absolute Gasteiger partial charge is 0.242 e. The lowest BCUT2D eigenvalue weighted by atomic mass is 10.3. The molecule has 1 aromatic heterocycles. The highest BCUT2D eigenvalue weighted by atomic mass is 16.5. The van der Waals surface area contributed by atoms with Crippen molar-refractivity contribution in [2.45, 2.75) is 19.9 Å². The Kier molecular flexibility index (Phi) is 3.91. The minimum Gasteiger partial charge on any atom is -0.476 e. The van der Waals surface area contributed by atoms with Crippen molar-refractivity contribution in [1.82, 2.24) is 9.97 Å². The summed E-state index contributed by atoms with van der Waals surface area (Å²) in [4.78, 5) is 7.97. The number of hydrogen-bond acceptors (Lipinski definition) is 5. The second-order valence-electron chi connectivity index (χ2n) is 3.04. The largest absolute Gasteiger partial charge is 0.476 e. The van der Waals surface area contributed by atoms with Gasteiger partial charge < -0.3 is 15.8 Å². The number of hydrogen-bond donors (Lipinski definition) is 2. The van der Waals surface area contributed by atoms with Crippen LogP contribution in [0.5, 0.6) is 5.88 Å². The van der Waals surface area contributed by atoms with Gasteiger partial charge in [0, 0.05) is 6.04 Å². The monoisotopic (exact) mass is 208 g/mol. The summed E-state index contributed by atoms with van der Waals surface area (Å²) in [5, 5.41) is 3.08. The Morgan fingerprint density at radius 3 is 3.00 bits per heavy atom. The SMILES string of the molecule is C=CC(C)Nc1ncnc(OCC)c1N. The van der Waals surface area contributed by atoms with E-state index in [0.29, 0.717) is 24.0 Å². The van der Waals surface area contributed by atoms with Crippen molar-refractivity contribution >= 4 is 11.5 Å². The maximum atomic E-state index is 5.83. The van der Waals surface area contributed by atoms with Gasteiger partial charge in [0.25, 0.3) is 0 Å². The van der Waals surface area contributed by atoms with Gasteiger partial charge in [0.05, 0.1) is 6.61 Å². The van der Waals surface area contributed by atoms with E-state index in [0.717, 1.165) is 0 Å². The first kappa shape index (κ1) is 11.3. The summed E-state index contributed by atoms with van der Waals surface area (Å²) in [6, 6.07) is 0.0941. The van der Waals surface area contributed by atoms with Gasteiger partial charge in [-0.25, -0.2) is 4.98 Å². The van der Waals surface area contributed by atoms with Crippen molar-refractivity contribution in [2.24, 2.45) is 0 Å². The first-order chi connectivity index (χ1) is 7.19. The number of aromatic nitrogens is 2. The van der Waals surface area contributed by atoms with E-state index in [4.69, 9.17) is 10.5 Å². The van der Waals surface area contributed by atoms with Crippen LogP contribution in [0.15, 0.2) is 19.0 Å². The minimum atomic E-state index is 0.0941. The minimum absolute atomic E-state index is 0.0941. The molecule has 5 heteroatoms. The lowest BCUT2D eigenvalue weighted by Gasteiger charge is -2.13. The standard InChI is InChI=1S/C10H16N4O/c1-4-7(3)14-9-8(11)10(15-5-2)13-6-12-9/h4,6-7H,1,5,11H2,2-3H3,(H,12,13,14). The molecule has 3 N–H and O–H groups in total. The Balaban J connectivity index is 2.88. The van der Waals surface area contributed by atoms with E-state index in [-0.39, 0.29) is 6.04 Å². The first-order valence-corrected chi connectivity index (χ1v) is 4.81. The lowest BCUT2D eigenvalue weighted by Crippen LogP contribution is -2.15. The summed E-state index contributed by atoms with van der Waals surface area (Å²) >= 11 is 0. The Bertz CT molecular complexity index is 340. The molecule has 0 fully saturated rings. The van der Waals surface area contributed by atoms with Crippen molar-refractivity contribution in [3.63, 3.8) is 0 Å². The summed E-state index contributed by atoms with van der Waals surface area (Å²) in [5.74, 6) is 0.979. The van der Waals surface area contributed by atoms with Gasteiger partial charge in [0.15, 0.2) is 5.82 Å². The number of rotatable bonds is 5. The summed E-state index contributed by atoms with van der Waals surface area (Å²) < 4.78 is 5.25. The third kappa shape index (κ3) is 2.83. The summed E-state index contributed by atoms with van der Waals surface area (Å²) in [6.45, 7) is 8.02.